The summed E-state index contributed by atoms with van der Waals surface area (Å²) >= 11 is 0. The molecule has 1 amide bonds. The Labute approximate surface area is 181 Å². The van der Waals surface area contributed by atoms with E-state index in [0.29, 0.717) is 35.3 Å². The van der Waals surface area contributed by atoms with Gasteiger partial charge in [0.15, 0.2) is 0 Å². The molecule has 4 rings (SSSR count). The fourth-order valence-electron chi connectivity index (χ4n) is 3.82. The van der Waals surface area contributed by atoms with Gasteiger partial charge in [-0.05, 0) is 18.9 Å². The lowest BCUT2D eigenvalue weighted by atomic mass is 9.83. The highest BCUT2D eigenvalue weighted by atomic mass is 19.4. The Hall–Kier alpha value is -3.68. The molecule has 1 saturated carbocycles. The maximum atomic E-state index is 12.9. The van der Waals surface area contributed by atoms with Crippen LogP contribution in [0.25, 0.3) is 11.1 Å². The summed E-state index contributed by atoms with van der Waals surface area (Å²) in [7, 11) is 0. The number of rotatable bonds is 2. The second kappa shape index (κ2) is 9.21. The molecule has 2 aliphatic rings. The van der Waals surface area contributed by atoms with Gasteiger partial charge in [-0.2, -0.15) is 18.4 Å². The van der Waals surface area contributed by atoms with E-state index in [4.69, 9.17) is 15.6 Å². The smallest absolute Gasteiger partial charge is 0.433 e. The van der Waals surface area contributed by atoms with Gasteiger partial charge in [-0.1, -0.05) is 12.5 Å². The largest absolute Gasteiger partial charge is 0.483 e. The molecule has 0 saturated heterocycles. The van der Waals surface area contributed by atoms with Crippen LogP contribution in [0.5, 0.6) is 0 Å². The number of amides is 1. The normalized spacial score (nSPS) is 15.5. The standard InChI is InChI=1S/C20H18F3N5O.CH2O2/c21-20(22,23)16-5-4-12(9-26-16)17-13(8-24)18(25)27-15-6-7-28(10-14(15)17)19(29)11-2-1-3-11;2-1-3/h4-5,9,11H,1-3,6-7,10H2,(H2,25,27);1H,(H,2,3). The predicted octanol–water partition coefficient (Wildman–Crippen LogP) is 3.00. The van der Waals surface area contributed by atoms with Crippen molar-refractivity contribution in [1.82, 2.24) is 14.9 Å². The molecule has 0 radical (unpaired) electrons. The summed E-state index contributed by atoms with van der Waals surface area (Å²) < 4.78 is 38.6. The number of hydrogen-bond donors (Lipinski definition) is 2. The van der Waals surface area contributed by atoms with Crippen LogP contribution in [0.4, 0.5) is 19.0 Å². The van der Waals surface area contributed by atoms with E-state index in [9.17, 15) is 23.2 Å². The highest BCUT2D eigenvalue weighted by Crippen LogP contribution is 2.37. The molecule has 0 bridgehead atoms. The maximum Gasteiger partial charge on any atom is 0.433 e. The molecule has 3 heterocycles. The molecule has 3 N–H and O–H groups in total. The van der Waals surface area contributed by atoms with E-state index in [1.807, 2.05) is 6.07 Å². The molecule has 0 atom stereocenters. The number of pyridine rings is 2. The second-order valence-electron chi connectivity index (χ2n) is 7.46. The molecule has 0 aromatic carbocycles. The average Bonchev–Trinajstić information content (AvgIpc) is 2.71. The van der Waals surface area contributed by atoms with Crippen LogP contribution in [0.2, 0.25) is 0 Å². The Kier molecular flexibility index (Phi) is 6.62. The molecule has 32 heavy (non-hydrogen) atoms. The van der Waals surface area contributed by atoms with Gasteiger partial charge in [0.1, 0.15) is 23.1 Å². The number of halogens is 3. The molecule has 2 aromatic heterocycles. The minimum absolute atomic E-state index is 0.0277. The number of nitrogens with zero attached hydrogens (tertiary/aromatic N) is 4. The zero-order valence-corrected chi connectivity index (χ0v) is 16.9. The van der Waals surface area contributed by atoms with E-state index in [0.717, 1.165) is 31.5 Å². The van der Waals surface area contributed by atoms with Crippen LogP contribution in [0.15, 0.2) is 18.3 Å². The van der Waals surface area contributed by atoms with Crippen LogP contribution in [0.3, 0.4) is 0 Å². The Morgan fingerprint density at radius 1 is 1.34 bits per heavy atom. The van der Waals surface area contributed by atoms with Crippen molar-refractivity contribution in [2.45, 2.75) is 38.4 Å². The van der Waals surface area contributed by atoms with Crippen molar-refractivity contribution >= 4 is 18.2 Å². The Bertz CT molecular complexity index is 1060. The Morgan fingerprint density at radius 3 is 2.53 bits per heavy atom. The summed E-state index contributed by atoms with van der Waals surface area (Å²) in [4.78, 5) is 30.6. The number of hydrogen-bond acceptors (Lipinski definition) is 6. The molecule has 0 unspecified atom stereocenters. The summed E-state index contributed by atoms with van der Waals surface area (Å²) in [5.41, 5.74) is 7.08. The lowest BCUT2D eigenvalue weighted by Crippen LogP contribution is -2.42. The molecule has 1 aliphatic carbocycles. The number of aromatic nitrogens is 2. The van der Waals surface area contributed by atoms with Crippen molar-refractivity contribution < 1.29 is 27.9 Å². The van der Waals surface area contributed by atoms with E-state index < -0.39 is 11.9 Å². The van der Waals surface area contributed by atoms with Gasteiger partial charge in [0.25, 0.3) is 6.47 Å². The van der Waals surface area contributed by atoms with E-state index in [2.05, 4.69) is 9.97 Å². The van der Waals surface area contributed by atoms with Crippen molar-refractivity contribution in [3.8, 4) is 17.2 Å². The molecule has 168 valence electrons. The fourth-order valence-corrected chi connectivity index (χ4v) is 3.82. The SMILES string of the molecule is N#Cc1c(N)nc2c(c1-c1ccc(C(F)(F)F)nc1)CN(C(=O)C1CCC1)CC2.O=CO. The third-order valence-electron chi connectivity index (χ3n) is 5.60. The first-order valence-electron chi connectivity index (χ1n) is 9.82. The summed E-state index contributed by atoms with van der Waals surface area (Å²) in [6.07, 6.45) is -0.196. The minimum atomic E-state index is -4.56. The van der Waals surface area contributed by atoms with Crippen LogP contribution in [-0.4, -0.2) is 38.9 Å². The fraction of sp³-hybridized carbons (Fsp3) is 0.381. The number of alkyl halides is 3. The third-order valence-corrected chi connectivity index (χ3v) is 5.60. The maximum absolute atomic E-state index is 12.9. The van der Waals surface area contributed by atoms with Gasteiger partial charge in [0, 0.05) is 48.3 Å². The first-order chi connectivity index (χ1) is 15.2. The minimum Gasteiger partial charge on any atom is -0.483 e. The summed E-state index contributed by atoms with van der Waals surface area (Å²) in [6.45, 7) is 0.508. The van der Waals surface area contributed by atoms with Gasteiger partial charge < -0.3 is 15.7 Å². The van der Waals surface area contributed by atoms with Crippen LogP contribution >= 0.6 is 0 Å². The molecular formula is C21H20F3N5O3. The van der Waals surface area contributed by atoms with E-state index in [1.165, 1.54) is 6.07 Å². The number of nitriles is 1. The van der Waals surface area contributed by atoms with Crippen molar-refractivity contribution in [2.24, 2.45) is 5.92 Å². The number of carbonyl (C=O) groups excluding carboxylic acids is 1. The predicted molar refractivity (Wildman–Crippen MR) is 107 cm³/mol. The van der Waals surface area contributed by atoms with Gasteiger partial charge >= 0.3 is 6.18 Å². The number of carboxylic acid groups (broad SMARTS) is 1. The van der Waals surface area contributed by atoms with E-state index >= 15 is 0 Å². The monoisotopic (exact) mass is 447 g/mol. The van der Waals surface area contributed by atoms with Gasteiger partial charge in [-0.25, -0.2) is 4.98 Å². The van der Waals surface area contributed by atoms with Gasteiger partial charge in [0.2, 0.25) is 5.91 Å². The van der Waals surface area contributed by atoms with Crippen LogP contribution in [0, 0.1) is 17.2 Å². The highest BCUT2D eigenvalue weighted by Gasteiger charge is 2.34. The van der Waals surface area contributed by atoms with Crippen molar-refractivity contribution in [1.29, 1.82) is 5.26 Å². The van der Waals surface area contributed by atoms with E-state index in [1.54, 1.807) is 4.90 Å². The first-order valence-corrected chi connectivity index (χ1v) is 9.82. The summed E-state index contributed by atoms with van der Waals surface area (Å²) in [5.74, 6) is 0.138. The van der Waals surface area contributed by atoms with Crippen LogP contribution in [-0.2, 0) is 28.7 Å². The molecular weight excluding hydrogens is 427 g/mol. The molecule has 11 heteroatoms. The molecule has 8 nitrogen and oxygen atoms in total. The van der Waals surface area contributed by atoms with Gasteiger partial charge in [0.05, 0.1) is 5.69 Å². The number of nitrogen functional groups attached to an aromatic ring is 1. The number of fused-ring (bicyclic) bond motifs is 1. The van der Waals surface area contributed by atoms with E-state index in [-0.39, 0.29) is 36.2 Å². The third kappa shape index (κ3) is 4.49. The van der Waals surface area contributed by atoms with Gasteiger partial charge in [-0.3, -0.25) is 14.6 Å². The number of nitrogens with two attached hydrogens (primary N) is 1. The molecule has 1 aliphatic heterocycles. The zero-order valence-electron chi connectivity index (χ0n) is 16.9. The molecule has 1 fully saturated rings. The lowest BCUT2D eigenvalue weighted by Gasteiger charge is -2.35. The van der Waals surface area contributed by atoms with Crippen molar-refractivity contribution in [2.75, 3.05) is 12.3 Å². The lowest BCUT2D eigenvalue weighted by molar-refractivity contribution is -0.141. The first kappa shape index (κ1) is 23.0. The highest BCUT2D eigenvalue weighted by molar-refractivity contribution is 5.82. The Morgan fingerprint density at radius 2 is 2.03 bits per heavy atom. The summed E-state index contributed by atoms with van der Waals surface area (Å²) in [6, 6.07) is 4.16. The van der Waals surface area contributed by atoms with Crippen LogP contribution < -0.4 is 5.73 Å². The molecule has 0 spiro atoms. The van der Waals surface area contributed by atoms with Crippen molar-refractivity contribution in [3.63, 3.8) is 0 Å². The summed E-state index contributed by atoms with van der Waals surface area (Å²) in [5, 5.41) is 16.5. The number of anilines is 1. The Balaban J connectivity index is 0.000000913. The number of carbonyl (C=O) groups is 2. The van der Waals surface area contributed by atoms with Crippen molar-refractivity contribution in [3.05, 3.63) is 40.8 Å². The molecule has 2 aromatic rings. The average molecular weight is 447 g/mol. The van der Waals surface area contributed by atoms with Gasteiger partial charge in [-0.15, -0.1) is 0 Å². The quantitative estimate of drug-likeness (QED) is 0.676. The van der Waals surface area contributed by atoms with Crippen LogP contribution in [0.1, 0.15) is 41.8 Å². The topological polar surface area (TPSA) is 133 Å². The second-order valence-corrected chi connectivity index (χ2v) is 7.46. The zero-order chi connectivity index (χ0) is 23.5.